The van der Waals surface area contributed by atoms with Crippen LogP contribution in [0.5, 0.6) is 0 Å². The maximum Gasteiger partial charge on any atom is 0.139 e. The quantitative estimate of drug-likeness (QED) is 0.732. The van der Waals surface area contributed by atoms with Crippen molar-refractivity contribution in [2.24, 2.45) is 28.6 Å². The van der Waals surface area contributed by atoms with Crippen LogP contribution in [-0.2, 0) is 4.79 Å². The van der Waals surface area contributed by atoms with Crippen molar-refractivity contribution in [1.29, 1.82) is 0 Å². The van der Waals surface area contributed by atoms with Gasteiger partial charge in [0.25, 0.3) is 0 Å². The number of carbonyl (C=O) groups excluding carboxylic acids is 1. The van der Waals surface area contributed by atoms with Gasteiger partial charge in [0.05, 0.1) is 0 Å². The zero-order valence-corrected chi connectivity index (χ0v) is 13.1. The molecular formula is C18H29NO. The highest BCUT2D eigenvalue weighted by atomic mass is 16.1. The van der Waals surface area contributed by atoms with Gasteiger partial charge >= 0.3 is 0 Å². The van der Waals surface area contributed by atoms with E-state index in [0.717, 1.165) is 24.3 Å². The third-order valence-electron chi connectivity index (χ3n) is 7.86. The Morgan fingerprint density at radius 2 is 1.90 bits per heavy atom. The van der Waals surface area contributed by atoms with E-state index in [2.05, 4.69) is 19.2 Å². The Bertz CT molecular complexity index is 433. The Balaban J connectivity index is 1.66. The summed E-state index contributed by atoms with van der Waals surface area (Å²) in [5.74, 6) is 2.99. The predicted octanol–water partition coefficient (Wildman–Crippen LogP) is 3.55. The van der Waals surface area contributed by atoms with Crippen molar-refractivity contribution in [1.82, 2.24) is 5.32 Å². The van der Waals surface area contributed by atoms with E-state index in [9.17, 15) is 4.79 Å². The molecule has 0 radical (unpaired) electrons. The average molecular weight is 275 g/mol. The molecule has 3 aliphatic carbocycles. The molecule has 1 saturated heterocycles. The smallest absolute Gasteiger partial charge is 0.139 e. The second-order valence-corrected chi connectivity index (χ2v) is 8.49. The molecule has 4 rings (SSSR count). The van der Waals surface area contributed by atoms with Crippen LogP contribution in [-0.4, -0.2) is 18.4 Å². The van der Waals surface area contributed by atoms with Crippen molar-refractivity contribution in [2.45, 2.75) is 71.3 Å². The lowest BCUT2D eigenvalue weighted by atomic mass is 9.48. The standard InChI is InChI=1S/C18H29NO/c1-17-9-3-11-19-15(17)6-4-12-13-5-7-16(20)18(13,2)10-8-14(12)17/h12-15,19H,3-11H2,1-2H3/t12-,13-,14-,15-,17+,18-/m0/s1. The fraction of sp³-hybridized carbons (Fsp3) is 0.944. The Kier molecular flexibility index (Phi) is 2.87. The number of Topliss-reactive ketones (excluding diaryl/α,β-unsaturated/α-hetero) is 1. The minimum Gasteiger partial charge on any atom is -0.313 e. The van der Waals surface area contributed by atoms with E-state index >= 15 is 0 Å². The summed E-state index contributed by atoms with van der Waals surface area (Å²) in [5, 5.41) is 3.81. The van der Waals surface area contributed by atoms with Crippen LogP contribution >= 0.6 is 0 Å². The third kappa shape index (κ3) is 1.58. The van der Waals surface area contributed by atoms with Gasteiger partial charge in [-0.1, -0.05) is 13.8 Å². The summed E-state index contributed by atoms with van der Waals surface area (Å²) in [6.45, 7) is 6.06. The molecular weight excluding hydrogens is 246 g/mol. The van der Waals surface area contributed by atoms with Gasteiger partial charge < -0.3 is 5.32 Å². The van der Waals surface area contributed by atoms with Crippen LogP contribution in [0.3, 0.4) is 0 Å². The van der Waals surface area contributed by atoms with Crippen molar-refractivity contribution >= 4 is 5.78 Å². The van der Waals surface area contributed by atoms with Crippen LogP contribution in [0.25, 0.3) is 0 Å². The summed E-state index contributed by atoms with van der Waals surface area (Å²) in [4.78, 5) is 12.4. The van der Waals surface area contributed by atoms with Gasteiger partial charge in [-0.05, 0) is 74.7 Å². The molecule has 3 saturated carbocycles. The highest BCUT2D eigenvalue weighted by Gasteiger charge is 2.59. The summed E-state index contributed by atoms with van der Waals surface area (Å²) >= 11 is 0. The Labute approximate surface area is 123 Å². The van der Waals surface area contributed by atoms with E-state index in [1.54, 1.807) is 0 Å². The second-order valence-electron chi connectivity index (χ2n) is 8.49. The minimum absolute atomic E-state index is 0.0481. The fourth-order valence-corrected chi connectivity index (χ4v) is 6.67. The zero-order valence-electron chi connectivity index (χ0n) is 13.1. The first-order chi connectivity index (χ1) is 9.56. The molecule has 4 fully saturated rings. The summed E-state index contributed by atoms with van der Waals surface area (Å²) < 4.78 is 0. The largest absolute Gasteiger partial charge is 0.313 e. The van der Waals surface area contributed by atoms with Crippen molar-refractivity contribution < 1.29 is 4.79 Å². The number of hydrogen-bond donors (Lipinski definition) is 1. The molecule has 2 nitrogen and oxygen atoms in total. The molecule has 0 amide bonds. The van der Waals surface area contributed by atoms with Gasteiger partial charge in [-0.15, -0.1) is 0 Å². The van der Waals surface area contributed by atoms with E-state index < -0.39 is 0 Å². The molecule has 6 atom stereocenters. The van der Waals surface area contributed by atoms with Gasteiger partial charge in [-0.3, -0.25) is 4.79 Å². The number of fused-ring (bicyclic) bond motifs is 5. The van der Waals surface area contributed by atoms with Gasteiger partial charge in [0, 0.05) is 17.9 Å². The summed E-state index contributed by atoms with van der Waals surface area (Å²) in [5.41, 5.74) is 0.556. The van der Waals surface area contributed by atoms with Crippen LogP contribution in [0.4, 0.5) is 0 Å². The lowest BCUT2D eigenvalue weighted by molar-refractivity contribution is -0.135. The zero-order chi connectivity index (χ0) is 14.0. The number of hydrogen-bond acceptors (Lipinski definition) is 2. The SMILES string of the molecule is C[C@]12CCCN[C@H]1CC[C@@H]1[C@@H]2CC[C@]2(C)C(=O)CC[C@@H]12. The molecule has 0 unspecified atom stereocenters. The molecule has 0 aromatic heterocycles. The van der Waals surface area contributed by atoms with Gasteiger partial charge in [0.2, 0.25) is 0 Å². The number of rotatable bonds is 0. The monoisotopic (exact) mass is 275 g/mol. The third-order valence-corrected chi connectivity index (χ3v) is 7.86. The summed E-state index contributed by atoms with van der Waals surface area (Å²) in [7, 11) is 0. The van der Waals surface area contributed by atoms with Crippen LogP contribution in [0, 0.1) is 28.6 Å². The maximum atomic E-state index is 12.4. The van der Waals surface area contributed by atoms with Gasteiger partial charge in [0.1, 0.15) is 5.78 Å². The van der Waals surface area contributed by atoms with E-state index in [-0.39, 0.29) is 5.41 Å². The van der Waals surface area contributed by atoms with Crippen molar-refractivity contribution in [3.05, 3.63) is 0 Å². The Morgan fingerprint density at radius 1 is 1.05 bits per heavy atom. The topological polar surface area (TPSA) is 29.1 Å². The minimum atomic E-state index is 0.0481. The lowest BCUT2D eigenvalue weighted by Gasteiger charge is -2.59. The highest BCUT2D eigenvalue weighted by molar-refractivity contribution is 5.87. The van der Waals surface area contributed by atoms with Gasteiger partial charge in [-0.2, -0.15) is 0 Å². The number of nitrogens with one attached hydrogen (secondary N) is 1. The average Bonchev–Trinajstić information content (AvgIpc) is 2.74. The molecule has 0 spiro atoms. The van der Waals surface area contributed by atoms with Crippen LogP contribution in [0.1, 0.15) is 65.2 Å². The molecule has 1 heterocycles. The molecule has 4 aliphatic rings. The maximum absolute atomic E-state index is 12.4. The first-order valence-electron chi connectivity index (χ1n) is 8.82. The summed E-state index contributed by atoms with van der Waals surface area (Å²) in [6, 6.07) is 0.749. The molecule has 1 N–H and O–H groups in total. The van der Waals surface area contributed by atoms with Crippen molar-refractivity contribution in [3.63, 3.8) is 0 Å². The van der Waals surface area contributed by atoms with E-state index in [4.69, 9.17) is 0 Å². The molecule has 112 valence electrons. The molecule has 0 bridgehead atoms. The van der Waals surface area contributed by atoms with E-state index in [0.29, 0.717) is 17.1 Å². The number of piperidine rings is 1. The van der Waals surface area contributed by atoms with E-state index in [1.165, 1.54) is 51.5 Å². The van der Waals surface area contributed by atoms with Crippen molar-refractivity contribution in [3.8, 4) is 0 Å². The summed E-state index contributed by atoms with van der Waals surface area (Å²) in [6.07, 6.45) is 9.98. The first-order valence-corrected chi connectivity index (χ1v) is 8.82. The van der Waals surface area contributed by atoms with Crippen LogP contribution in [0.2, 0.25) is 0 Å². The lowest BCUT2D eigenvalue weighted by Crippen LogP contribution is -2.59. The normalized spacial score (nSPS) is 55.0. The number of ketones is 1. The second kappa shape index (κ2) is 4.32. The molecule has 0 aromatic carbocycles. The first kappa shape index (κ1) is 13.3. The van der Waals surface area contributed by atoms with Crippen LogP contribution in [0.15, 0.2) is 0 Å². The van der Waals surface area contributed by atoms with Crippen LogP contribution < -0.4 is 5.32 Å². The fourth-order valence-electron chi connectivity index (χ4n) is 6.67. The molecule has 2 heteroatoms. The predicted molar refractivity (Wildman–Crippen MR) is 80.4 cm³/mol. The number of carbonyl (C=O) groups is 1. The van der Waals surface area contributed by atoms with E-state index in [1.807, 2.05) is 0 Å². The van der Waals surface area contributed by atoms with Gasteiger partial charge in [0.15, 0.2) is 0 Å². The van der Waals surface area contributed by atoms with Gasteiger partial charge in [-0.25, -0.2) is 0 Å². The Morgan fingerprint density at radius 3 is 2.75 bits per heavy atom. The Hall–Kier alpha value is -0.370. The molecule has 1 aliphatic heterocycles. The molecule has 0 aromatic rings. The highest BCUT2D eigenvalue weighted by Crippen LogP contribution is 2.62. The van der Waals surface area contributed by atoms with Crippen molar-refractivity contribution in [2.75, 3.05) is 6.54 Å². The molecule has 20 heavy (non-hydrogen) atoms.